The third-order valence-corrected chi connectivity index (χ3v) is 16.3. The van der Waals surface area contributed by atoms with Crippen molar-refractivity contribution in [2.24, 2.45) is 0 Å². The van der Waals surface area contributed by atoms with E-state index in [2.05, 4.69) is 69.4 Å². The first-order valence-electron chi connectivity index (χ1n) is 36.1. The fraction of sp³-hybridized carbons (Fsp3) is 0.853. The first-order valence-corrected chi connectivity index (χ1v) is 36.1. The molecule has 1 unspecified atom stereocenters. The van der Waals surface area contributed by atoms with E-state index in [-0.39, 0.29) is 31.1 Å². The van der Waals surface area contributed by atoms with Crippen LogP contribution < -0.4 is 0 Å². The van der Waals surface area contributed by atoms with Crippen molar-refractivity contribution < 1.29 is 28.6 Å². The van der Waals surface area contributed by atoms with E-state index in [4.69, 9.17) is 14.2 Å². The number of esters is 3. The molecule has 0 heterocycles. The van der Waals surface area contributed by atoms with Gasteiger partial charge in [-0.2, -0.15) is 0 Å². The summed E-state index contributed by atoms with van der Waals surface area (Å²) < 4.78 is 17.0. The molecular weight excluding hydrogens is 997 g/mol. The van der Waals surface area contributed by atoms with Crippen LogP contribution in [0.2, 0.25) is 0 Å². The summed E-state index contributed by atoms with van der Waals surface area (Å²) in [5.41, 5.74) is 0. The van der Waals surface area contributed by atoms with Crippen molar-refractivity contribution in [1.29, 1.82) is 0 Å². The number of rotatable bonds is 67. The minimum atomic E-state index is -0.778. The number of unbranched alkanes of at least 4 members (excludes halogenated alkanes) is 48. The van der Waals surface area contributed by atoms with Crippen molar-refractivity contribution in [2.75, 3.05) is 13.2 Å². The zero-order valence-electron chi connectivity index (χ0n) is 54.6. The molecule has 1 atom stereocenters. The molecule has 0 rings (SSSR count). The van der Waals surface area contributed by atoms with Crippen LogP contribution in [0.15, 0.2) is 48.6 Å². The normalized spacial score (nSPS) is 12.3. The van der Waals surface area contributed by atoms with Crippen LogP contribution in [0, 0.1) is 0 Å². The summed E-state index contributed by atoms with van der Waals surface area (Å²) in [5, 5.41) is 0. The molecular formula is C75H138O6. The second-order valence-corrected chi connectivity index (χ2v) is 24.5. The van der Waals surface area contributed by atoms with Gasteiger partial charge in [-0.1, -0.05) is 345 Å². The summed E-state index contributed by atoms with van der Waals surface area (Å²) in [6.45, 7) is 6.58. The lowest BCUT2D eigenvalue weighted by Crippen LogP contribution is -2.30. The van der Waals surface area contributed by atoms with Crippen molar-refractivity contribution >= 4 is 17.9 Å². The number of carbonyl (C=O) groups excluding carboxylic acids is 3. The molecule has 6 heteroatoms. The maximum atomic E-state index is 12.9. The van der Waals surface area contributed by atoms with Crippen LogP contribution in [-0.2, 0) is 28.6 Å². The Balaban J connectivity index is 4.17. The van der Waals surface area contributed by atoms with Crippen molar-refractivity contribution in [3.8, 4) is 0 Å². The lowest BCUT2D eigenvalue weighted by Gasteiger charge is -2.18. The Morgan fingerprint density at radius 1 is 0.259 bits per heavy atom. The van der Waals surface area contributed by atoms with Gasteiger partial charge in [0.25, 0.3) is 0 Å². The van der Waals surface area contributed by atoms with Crippen LogP contribution in [0.1, 0.15) is 393 Å². The van der Waals surface area contributed by atoms with E-state index in [9.17, 15) is 14.4 Å². The van der Waals surface area contributed by atoms with Crippen LogP contribution in [0.25, 0.3) is 0 Å². The van der Waals surface area contributed by atoms with E-state index in [1.807, 2.05) is 0 Å². The summed E-state index contributed by atoms with van der Waals surface area (Å²) in [4.78, 5) is 38.4. The zero-order valence-corrected chi connectivity index (χ0v) is 54.6. The lowest BCUT2D eigenvalue weighted by molar-refractivity contribution is -0.167. The standard InChI is InChI=1S/C75H138O6/c1-4-7-10-13-16-19-22-25-28-30-31-32-33-34-35-36-37-38-39-40-41-42-43-45-47-50-53-56-59-62-65-68-74(77)80-71-72(70-79-73(76)67-64-61-58-55-52-49-46-27-24-21-18-15-12-9-6-3)81-75(78)69-66-63-60-57-54-51-48-44-29-26-23-20-17-14-11-8-5-2/h9,12,18,21,27,30-31,46,72H,4-8,10-11,13-17,19-20,22-26,28-29,32-45,47-71H2,1-3H3/b12-9-,21-18-,31-30-,46-27-. The molecule has 0 saturated carbocycles. The molecule has 0 saturated heterocycles. The number of hydrogen-bond acceptors (Lipinski definition) is 6. The van der Waals surface area contributed by atoms with Crippen molar-refractivity contribution in [3.05, 3.63) is 48.6 Å². The van der Waals surface area contributed by atoms with Crippen LogP contribution in [0.5, 0.6) is 0 Å². The Labute approximate surface area is 505 Å². The van der Waals surface area contributed by atoms with Crippen molar-refractivity contribution in [3.63, 3.8) is 0 Å². The lowest BCUT2D eigenvalue weighted by atomic mass is 10.0. The highest BCUT2D eigenvalue weighted by Gasteiger charge is 2.19. The molecule has 0 aromatic carbocycles. The molecule has 0 aliphatic heterocycles. The highest BCUT2D eigenvalue weighted by molar-refractivity contribution is 5.71. The molecule has 81 heavy (non-hydrogen) atoms. The number of allylic oxidation sites excluding steroid dienone is 8. The summed E-state index contributed by atoms with van der Waals surface area (Å²) in [6, 6.07) is 0. The first-order chi connectivity index (χ1) is 40.0. The molecule has 0 radical (unpaired) electrons. The van der Waals surface area contributed by atoms with Crippen molar-refractivity contribution in [2.45, 2.75) is 399 Å². The molecule has 6 nitrogen and oxygen atoms in total. The summed E-state index contributed by atoms with van der Waals surface area (Å²) >= 11 is 0. The Morgan fingerprint density at radius 3 is 0.765 bits per heavy atom. The summed E-state index contributed by atoms with van der Waals surface area (Å²) in [6.07, 6.45) is 88.7. The fourth-order valence-corrected chi connectivity index (χ4v) is 10.9. The third kappa shape index (κ3) is 68.0. The molecule has 0 aliphatic carbocycles. The van der Waals surface area contributed by atoms with Crippen LogP contribution >= 0.6 is 0 Å². The van der Waals surface area contributed by atoms with E-state index < -0.39 is 6.10 Å². The highest BCUT2D eigenvalue weighted by atomic mass is 16.6. The topological polar surface area (TPSA) is 78.9 Å². The van der Waals surface area contributed by atoms with E-state index in [1.54, 1.807) is 0 Å². The second-order valence-electron chi connectivity index (χ2n) is 24.5. The van der Waals surface area contributed by atoms with Gasteiger partial charge in [0.05, 0.1) is 0 Å². The third-order valence-electron chi connectivity index (χ3n) is 16.3. The molecule has 0 aliphatic rings. The Bertz CT molecular complexity index is 1400. The van der Waals surface area contributed by atoms with Gasteiger partial charge in [-0.3, -0.25) is 14.4 Å². The molecule has 0 aromatic heterocycles. The largest absolute Gasteiger partial charge is 0.462 e. The minimum Gasteiger partial charge on any atom is -0.462 e. The second kappa shape index (κ2) is 69.9. The zero-order chi connectivity index (χ0) is 58.5. The van der Waals surface area contributed by atoms with Gasteiger partial charge in [0.1, 0.15) is 13.2 Å². The van der Waals surface area contributed by atoms with E-state index >= 15 is 0 Å². The fourth-order valence-electron chi connectivity index (χ4n) is 10.9. The smallest absolute Gasteiger partial charge is 0.306 e. The number of hydrogen-bond donors (Lipinski definition) is 0. The average molecular weight is 1140 g/mol. The van der Waals surface area contributed by atoms with E-state index in [1.165, 1.54) is 257 Å². The Morgan fingerprint density at radius 2 is 0.481 bits per heavy atom. The molecule has 0 N–H and O–H groups in total. The maximum Gasteiger partial charge on any atom is 0.306 e. The molecule has 474 valence electrons. The van der Waals surface area contributed by atoms with Gasteiger partial charge >= 0.3 is 17.9 Å². The van der Waals surface area contributed by atoms with E-state index in [0.29, 0.717) is 19.3 Å². The number of carbonyl (C=O) groups is 3. The SMILES string of the molecule is CC/C=C\C/C=C\C/C=C\CCCCCCCC(=O)OCC(COC(=O)CCCCCCCCCCCCCCCCCCCCC/C=C\CCCCCCCCCC)OC(=O)CCCCCCCCCCCCCCCCCCC. The minimum absolute atomic E-state index is 0.0734. The van der Waals surface area contributed by atoms with Crippen LogP contribution in [-0.4, -0.2) is 37.2 Å². The molecule has 0 aromatic rings. The van der Waals surface area contributed by atoms with Gasteiger partial charge in [0, 0.05) is 19.3 Å². The molecule has 0 amide bonds. The van der Waals surface area contributed by atoms with Gasteiger partial charge in [0.15, 0.2) is 6.10 Å². The van der Waals surface area contributed by atoms with Crippen LogP contribution in [0.4, 0.5) is 0 Å². The molecule has 0 bridgehead atoms. The summed E-state index contributed by atoms with van der Waals surface area (Å²) in [7, 11) is 0. The summed E-state index contributed by atoms with van der Waals surface area (Å²) in [5.74, 6) is -0.863. The molecule has 0 fully saturated rings. The predicted octanol–water partition coefficient (Wildman–Crippen LogP) is 24.9. The van der Waals surface area contributed by atoms with Crippen molar-refractivity contribution in [1.82, 2.24) is 0 Å². The predicted molar refractivity (Wildman–Crippen MR) is 353 cm³/mol. The molecule has 0 spiro atoms. The highest BCUT2D eigenvalue weighted by Crippen LogP contribution is 2.19. The maximum absolute atomic E-state index is 12.9. The van der Waals surface area contributed by atoms with Gasteiger partial charge in [-0.05, 0) is 77.0 Å². The average Bonchev–Trinajstić information content (AvgIpc) is 3.47. The van der Waals surface area contributed by atoms with Crippen LogP contribution in [0.3, 0.4) is 0 Å². The quantitative estimate of drug-likeness (QED) is 0.0261. The Hall–Kier alpha value is -2.63. The van der Waals surface area contributed by atoms with Gasteiger partial charge < -0.3 is 14.2 Å². The first kappa shape index (κ1) is 78.4. The van der Waals surface area contributed by atoms with Gasteiger partial charge in [-0.25, -0.2) is 0 Å². The van der Waals surface area contributed by atoms with Gasteiger partial charge in [0.2, 0.25) is 0 Å². The van der Waals surface area contributed by atoms with Gasteiger partial charge in [-0.15, -0.1) is 0 Å². The van der Waals surface area contributed by atoms with E-state index in [0.717, 1.165) is 96.3 Å². The number of ether oxygens (including phenoxy) is 3. The monoisotopic (exact) mass is 1140 g/mol. The Kier molecular flexibility index (Phi) is 67.6.